The average molecular weight is 374 g/mol. The number of halogens is 2. The van der Waals surface area contributed by atoms with Crippen molar-refractivity contribution in [3.63, 3.8) is 0 Å². The molecular formula is C15H17Cl2N3O4. The zero-order valence-corrected chi connectivity index (χ0v) is 14.5. The van der Waals surface area contributed by atoms with Crippen LogP contribution in [-0.4, -0.2) is 55.5 Å². The molecule has 1 aromatic rings. The number of hydrogen-bond acceptors (Lipinski definition) is 5. The molecule has 9 heteroatoms. The van der Waals surface area contributed by atoms with Gasteiger partial charge in [0.05, 0.1) is 35.8 Å². The Hall–Kier alpha value is -1.83. The van der Waals surface area contributed by atoms with Gasteiger partial charge in [0.25, 0.3) is 0 Å². The number of nitrogens with zero attached hydrogens (tertiary/aromatic N) is 1. The normalized spacial score (nSPS) is 18.0. The molecule has 24 heavy (non-hydrogen) atoms. The van der Waals surface area contributed by atoms with E-state index in [1.807, 2.05) is 0 Å². The second-order valence-electron chi connectivity index (χ2n) is 5.20. The van der Waals surface area contributed by atoms with E-state index in [0.717, 1.165) is 0 Å². The first-order valence-corrected chi connectivity index (χ1v) is 8.00. The van der Waals surface area contributed by atoms with E-state index in [4.69, 9.17) is 23.2 Å². The summed E-state index contributed by atoms with van der Waals surface area (Å²) in [4.78, 5) is 37.3. The van der Waals surface area contributed by atoms with E-state index in [-0.39, 0.29) is 24.8 Å². The number of nitrogens with one attached hydrogen (secondary N) is 2. The molecule has 0 aliphatic carbocycles. The maximum absolute atomic E-state index is 12.3. The molecule has 7 nitrogen and oxygen atoms in total. The number of ether oxygens (including phenoxy) is 1. The average Bonchev–Trinajstić information content (AvgIpc) is 2.54. The van der Waals surface area contributed by atoms with Crippen LogP contribution in [0.15, 0.2) is 18.2 Å². The summed E-state index contributed by atoms with van der Waals surface area (Å²) < 4.78 is 4.60. The fourth-order valence-electron chi connectivity index (χ4n) is 2.40. The van der Waals surface area contributed by atoms with Gasteiger partial charge in [-0.25, -0.2) is 0 Å². The molecule has 1 fully saturated rings. The lowest BCUT2D eigenvalue weighted by Gasteiger charge is -2.33. The summed E-state index contributed by atoms with van der Waals surface area (Å²) in [5.74, 6) is -1.21. The van der Waals surface area contributed by atoms with Crippen LogP contribution in [0.3, 0.4) is 0 Å². The highest BCUT2D eigenvalue weighted by atomic mass is 35.5. The van der Waals surface area contributed by atoms with Crippen molar-refractivity contribution in [1.29, 1.82) is 0 Å². The molecule has 1 aliphatic heterocycles. The Bertz CT molecular complexity index is 633. The number of carbonyl (C=O) groups is 3. The van der Waals surface area contributed by atoms with Crippen LogP contribution >= 0.6 is 23.2 Å². The lowest BCUT2D eigenvalue weighted by atomic mass is 10.1. The van der Waals surface area contributed by atoms with Crippen LogP contribution in [0.25, 0.3) is 0 Å². The van der Waals surface area contributed by atoms with Gasteiger partial charge in [-0.1, -0.05) is 29.3 Å². The zero-order valence-electron chi connectivity index (χ0n) is 13.0. The minimum atomic E-state index is -0.751. The minimum Gasteiger partial charge on any atom is -0.469 e. The Kier molecular flexibility index (Phi) is 6.42. The van der Waals surface area contributed by atoms with Crippen molar-refractivity contribution < 1.29 is 19.1 Å². The van der Waals surface area contributed by atoms with Gasteiger partial charge < -0.3 is 15.4 Å². The largest absolute Gasteiger partial charge is 0.469 e. The Labute approximate surface area is 149 Å². The smallest absolute Gasteiger partial charge is 0.307 e. The highest BCUT2D eigenvalue weighted by molar-refractivity contribution is 6.39. The van der Waals surface area contributed by atoms with Gasteiger partial charge in [0.1, 0.15) is 6.04 Å². The van der Waals surface area contributed by atoms with Crippen LogP contribution in [0.2, 0.25) is 10.0 Å². The van der Waals surface area contributed by atoms with E-state index in [1.54, 1.807) is 23.1 Å². The number of piperazine rings is 1. The minimum absolute atomic E-state index is 0.0728. The lowest BCUT2D eigenvalue weighted by molar-refractivity contribution is -0.146. The van der Waals surface area contributed by atoms with Gasteiger partial charge in [0.15, 0.2) is 0 Å². The maximum Gasteiger partial charge on any atom is 0.307 e. The van der Waals surface area contributed by atoms with Crippen molar-refractivity contribution in [2.75, 3.05) is 32.1 Å². The molecule has 1 aliphatic rings. The quantitative estimate of drug-likeness (QED) is 0.759. The van der Waals surface area contributed by atoms with Crippen molar-refractivity contribution in [3.05, 3.63) is 28.2 Å². The third-order valence-corrected chi connectivity index (χ3v) is 4.23. The van der Waals surface area contributed by atoms with E-state index in [0.29, 0.717) is 28.8 Å². The van der Waals surface area contributed by atoms with E-state index >= 15 is 0 Å². The van der Waals surface area contributed by atoms with Crippen LogP contribution in [0.4, 0.5) is 5.69 Å². The highest BCUT2D eigenvalue weighted by Gasteiger charge is 2.33. The lowest BCUT2D eigenvalue weighted by Crippen LogP contribution is -2.57. The molecule has 0 aromatic heterocycles. The molecule has 2 amide bonds. The van der Waals surface area contributed by atoms with Gasteiger partial charge >= 0.3 is 5.97 Å². The Balaban J connectivity index is 2.05. The summed E-state index contributed by atoms with van der Waals surface area (Å²) in [5.41, 5.74) is 0.316. The number of benzene rings is 1. The molecule has 0 bridgehead atoms. The van der Waals surface area contributed by atoms with Gasteiger partial charge in [-0.3, -0.25) is 19.3 Å². The topological polar surface area (TPSA) is 87.7 Å². The van der Waals surface area contributed by atoms with Crippen molar-refractivity contribution in [3.8, 4) is 0 Å². The van der Waals surface area contributed by atoms with E-state index in [9.17, 15) is 14.4 Å². The summed E-state index contributed by atoms with van der Waals surface area (Å²) in [6.07, 6.45) is -0.123. The Morgan fingerprint density at radius 2 is 2.04 bits per heavy atom. The molecule has 130 valence electrons. The predicted octanol–water partition coefficient (Wildman–Crippen LogP) is 1.30. The number of anilines is 1. The van der Waals surface area contributed by atoms with Gasteiger partial charge in [-0.2, -0.15) is 0 Å². The molecule has 0 unspecified atom stereocenters. The molecule has 2 rings (SSSR count). The SMILES string of the molecule is COC(=O)C[C@H]1C(=O)NCCN1CC(=O)Nc1c(Cl)cccc1Cl. The number of esters is 1. The molecule has 2 N–H and O–H groups in total. The van der Waals surface area contributed by atoms with Crippen molar-refractivity contribution in [2.45, 2.75) is 12.5 Å². The number of rotatable bonds is 5. The molecule has 1 atom stereocenters. The first kappa shape index (κ1) is 18.5. The van der Waals surface area contributed by atoms with Crippen molar-refractivity contribution >= 4 is 46.7 Å². The third-order valence-electron chi connectivity index (χ3n) is 3.60. The molecule has 0 spiro atoms. The molecule has 1 heterocycles. The van der Waals surface area contributed by atoms with E-state index in [1.165, 1.54) is 7.11 Å². The first-order valence-electron chi connectivity index (χ1n) is 7.24. The Morgan fingerprint density at radius 3 is 2.67 bits per heavy atom. The van der Waals surface area contributed by atoms with Crippen LogP contribution in [0, 0.1) is 0 Å². The number of methoxy groups -OCH3 is 1. The van der Waals surface area contributed by atoms with Gasteiger partial charge in [0.2, 0.25) is 11.8 Å². The van der Waals surface area contributed by atoms with Gasteiger partial charge in [-0.15, -0.1) is 0 Å². The maximum atomic E-state index is 12.3. The summed E-state index contributed by atoms with van der Waals surface area (Å²) >= 11 is 12.0. The number of amides is 2. The molecule has 1 saturated heterocycles. The molecule has 0 radical (unpaired) electrons. The monoisotopic (exact) mass is 373 g/mol. The van der Waals surface area contributed by atoms with E-state index < -0.39 is 12.0 Å². The predicted molar refractivity (Wildman–Crippen MR) is 90.1 cm³/mol. The molecule has 1 aromatic carbocycles. The third kappa shape index (κ3) is 4.59. The second-order valence-corrected chi connectivity index (χ2v) is 6.02. The number of hydrogen-bond donors (Lipinski definition) is 2. The molecular weight excluding hydrogens is 357 g/mol. The summed E-state index contributed by atoms with van der Waals surface area (Å²) in [6, 6.07) is 4.13. The van der Waals surface area contributed by atoms with Crippen LogP contribution < -0.4 is 10.6 Å². The Morgan fingerprint density at radius 1 is 1.38 bits per heavy atom. The zero-order chi connectivity index (χ0) is 17.7. The van der Waals surface area contributed by atoms with Crippen LogP contribution in [0.1, 0.15) is 6.42 Å². The van der Waals surface area contributed by atoms with E-state index in [2.05, 4.69) is 15.4 Å². The molecule has 0 saturated carbocycles. The first-order chi connectivity index (χ1) is 11.4. The van der Waals surface area contributed by atoms with Crippen LogP contribution in [0.5, 0.6) is 0 Å². The summed E-state index contributed by atoms with van der Waals surface area (Å²) in [5, 5.41) is 5.94. The van der Waals surface area contributed by atoms with Crippen molar-refractivity contribution in [2.24, 2.45) is 0 Å². The van der Waals surface area contributed by atoms with Gasteiger partial charge in [-0.05, 0) is 12.1 Å². The highest BCUT2D eigenvalue weighted by Crippen LogP contribution is 2.29. The summed E-state index contributed by atoms with van der Waals surface area (Å²) in [7, 11) is 1.25. The number of carbonyl (C=O) groups excluding carboxylic acids is 3. The standard InChI is InChI=1S/C15H17Cl2N3O4/c1-24-13(22)7-11-15(23)18-5-6-20(11)8-12(21)19-14-9(16)3-2-4-10(14)17/h2-4,11H,5-8H2,1H3,(H,18,23)(H,19,21)/t11-/m0/s1. The van der Waals surface area contributed by atoms with Crippen molar-refractivity contribution in [1.82, 2.24) is 10.2 Å². The summed E-state index contributed by atoms with van der Waals surface area (Å²) in [6.45, 7) is 0.768. The second kappa shape index (κ2) is 8.32. The fraction of sp³-hybridized carbons (Fsp3) is 0.400. The number of para-hydroxylation sites is 1. The fourth-order valence-corrected chi connectivity index (χ4v) is 2.89. The van der Waals surface area contributed by atoms with Crippen LogP contribution in [-0.2, 0) is 19.1 Å². The van der Waals surface area contributed by atoms with Gasteiger partial charge in [0, 0.05) is 13.1 Å².